The van der Waals surface area contributed by atoms with Crippen molar-refractivity contribution in [3.8, 4) is 0 Å². The second kappa shape index (κ2) is 3.19. The zero-order valence-electron chi connectivity index (χ0n) is 7.05. The fraction of sp³-hybridized carbons (Fsp3) is 0.444. The van der Waals surface area contributed by atoms with Crippen LogP contribution in [0.2, 0.25) is 0 Å². The molecule has 0 radical (unpaired) electrons. The number of hydrogen-bond acceptors (Lipinski definition) is 3. The number of nitrogens with two attached hydrogens (primary N) is 1. The monoisotopic (exact) mass is 259 g/mol. The van der Waals surface area contributed by atoms with Crippen LogP contribution in [-0.2, 0) is 0 Å². The van der Waals surface area contributed by atoms with E-state index in [1.54, 1.807) is 0 Å². The van der Waals surface area contributed by atoms with Crippen LogP contribution in [0.5, 0.6) is 0 Å². The molecule has 4 heteroatoms. The largest absolute Gasteiger partial charge is 0.329 e. The first-order valence-electron chi connectivity index (χ1n) is 4.17. The number of hydrogen-bond donors (Lipinski definition) is 1. The highest BCUT2D eigenvalue weighted by Crippen LogP contribution is 2.48. The minimum absolute atomic E-state index is 0.215. The molecule has 1 fully saturated rings. The Bertz CT molecular complexity index is 343. The van der Waals surface area contributed by atoms with E-state index in [9.17, 15) is 4.79 Å². The van der Waals surface area contributed by atoms with Gasteiger partial charge in [0, 0.05) is 16.4 Å². The van der Waals surface area contributed by atoms with Crippen LogP contribution >= 0.6 is 27.3 Å². The summed E-state index contributed by atoms with van der Waals surface area (Å²) in [7, 11) is 0. The lowest BCUT2D eigenvalue weighted by Crippen LogP contribution is -2.24. The molecular formula is C9H10BrNOS. The molecule has 0 unspecified atom stereocenters. The second-order valence-corrected chi connectivity index (χ2v) is 5.18. The fourth-order valence-corrected chi connectivity index (χ4v) is 2.98. The summed E-state index contributed by atoms with van der Waals surface area (Å²) in [6.45, 7) is 0.482. The van der Waals surface area contributed by atoms with Crippen LogP contribution in [-0.4, -0.2) is 12.3 Å². The predicted octanol–water partition coefficient (Wildman–Crippen LogP) is 2.43. The summed E-state index contributed by atoms with van der Waals surface area (Å²) in [4.78, 5) is 12.8. The van der Waals surface area contributed by atoms with E-state index in [2.05, 4.69) is 15.9 Å². The van der Waals surface area contributed by atoms with Gasteiger partial charge in [0.25, 0.3) is 0 Å². The molecule has 0 aliphatic heterocycles. The Morgan fingerprint density at radius 2 is 2.38 bits per heavy atom. The normalized spacial score (nSPS) is 18.6. The zero-order chi connectivity index (χ0) is 9.47. The molecule has 1 aromatic rings. The average molecular weight is 260 g/mol. The van der Waals surface area contributed by atoms with Crippen molar-refractivity contribution in [2.75, 3.05) is 6.54 Å². The van der Waals surface area contributed by atoms with Gasteiger partial charge in [-0.25, -0.2) is 0 Å². The molecule has 1 heterocycles. The summed E-state index contributed by atoms with van der Waals surface area (Å²) in [6.07, 6.45) is 1.90. The SMILES string of the molecule is NCC1(C(=O)c2sccc2Br)CC1. The van der Waals surface area contributed by atoms with Crippen molar-refractivity contribution < 1.29 is 4.79 Å². The van der Waals surface area contributed by atoms with E-state index in [1.165, 1.54) is 11.3 Å². The molecule has 0 spiro atoms. The molecule has 0 amide bonds. The van der Waals surface area contributed by atoms with Crippen LogP contribution in [0.3, 0.4) is 0 Å². The maximum absolute atomic E-state index is 11.9. The molecule has 13 heavy (non-hydrogen) atoms. The quantitative estimate of drug-likeness (QED) is 0.848. The average Bonchev–Trinajstić information content (AvgIpc) is 2.83. The van der Waals surface area contributed by atoms with Crippen LogP contribution < -0.4 is 5.73 Å². The van der Waals surface area contributed by atoms with Gasteiger partial charge in [0.2, 0.25) is 0 Å². The summed E-state index contributed by atoms with van der Waals surface area (Å²) in [5.41, 5.74) is 5.38. The Morgan fingerprint density at radius 1 is 1.69 bits per heavy atom. The third kappa shape index (κ3) is 1.47. The lowest BCUT2D eigenvalue weighted by atomic mass is 10.0. The van der Waals surface area contributed by atoms with Crippen molar-refractivity contribution in [3.05, 3.63) is 20.8 Å². The molecule has 2 N–H and O–H groups in total. The maximum atomic E-state index is 11.9. The van der Waals surface area contributed by atoms with E-state index in [4.69, 9.17) is 5.73 Å². The number of ketones is 1. The number of thiophene rings is 1. The van der Waals surface area contributed by atoms with E-state index in [0.29, 0.717) is 6.54 Å². The zero-order valence-corrected chi connectivity index (χ0v) is 9.45. The fourth-order valence-electron chi connectivity index (χ4n) is 1.37. The van der Waals surface area contributed by atoms with Crippen molar-refractivity contribution in [2.45, 2.75) is 12.8 Å². The van der Waals surface area contributed by atoms with E-state index < -0.39 is 0 Å². The Balaban J connectivity index is 2.28. The molecule has 1 saturated carbocycles. The van der Waals surface area contributed by atoms with Crippen molar-refractivity contribution in [2.24, 2.45) is 11.1 Å². The molecule has 0 aromatic carbocycles. The van der Waals surface area contributed by atoms with E-state index in [1.807, 2.05) is 11.4 Å². The number of carbonyl (C=O) groups excluding carboxylic acids is 1. The number of carbonyl (C=O) groups is 1. The van der Waals surface area contributed by atoms with Gasteiger partial charge in [0.1, 0.15) is 0 Å². The van der Waals surface area contributed by atoms with Crippen molar-refractivity contribution in [1.29, 1.82) is 0 Å². The Morgan fingerprint density at radius 3 is 2.77 bits per heavy atom. The summed E-state index contributed by atoms with van der Waals surface area (Å²) < 4.78 is 0.905. The van der Waals surface area contributed by atoms with Gasteiger partial charge in [0.05, 0.1) is 4.88 Å². The van der Waals surface area contributed by atoms with E-state index >= 15 is 0 Å². The minimum atomic E-state index is -0.215. The Labute approximate surface area is 89.3 Å². The molecule has 0 bridgehead atoms. The third-order valence-electron chi connectivity index (χ3n) is 2.55. The Hall–Kier alpha value is -0.190. The molecule has 0 atom stereocenters. The molecule has 1 aromatic heterocycles. The van der Waals surface area contributed by atoms with Crippen LogP contribution in [0.4, 0.5) is 0 Å². The van der Waals surface area contributed by atoms with Gasteiger partial charge in [0.15, 0.2) is 5.78 Å². The minimum Gasteiger partial charge on any atom is -0.329 e. The van der Waals surface area contributed by atoms with E-state index in [0.717, 1.165) is 22.2 Å². The molecule has 2 nitrogen and oxygen atoms in total. The summed E-state index contributed by atoms with van der Waals surface area (Å²) in [6, 6.07) is 1.91. The maximum Gasteiger partial charge on any atom is 0.181 e. The molecule has 1 aliphatic carbocycles. The first-order valence-corrected chi connectivity index (χ1v) is 5.85. The topological polar surface area (TPSA) is 43.1 Å². The summed E-state index contributed by atoms with van der Waals surface area (Å²) in [5.74, 6) is 0.219. The highest BCUT2D eigenvalue weighted by molar-refractivity contribution is 9.10. The predicted molar refractivity (Wildman–Crippen MR) is 57.1 cm³/mol. The van der Waals surface area contributed by atoms with Gasteiger partial charge in [-0.2, -0.15) is 0 Å². The first-order chi connectivity index (χ1) is 6.19. The van der Waals surface area contributed by atoms with Crippen LogP contribution in [0.1, 0.15) is 22.5 Å². The van der Waals surface area contributed by atoms with Gasteiger partial charge in [-0.15, -0.1) is 11.3 Å². The third-order valence-corrected chi connectivity index (χ3v) is 4.39. The van der Waals surface area contributed by atoms with Gasteiger partial charge in [-0.1, -0.05) is 0 Å². The Kier molecular flexibility index (Phi) is 2.30. The standard InChI is InChI=1S/C9H10BrNOS/c10-6-1-4-13-7(6)8(12)9(5-11)2-3-9/h1,4H,2-3,5,11H2. The lowest BCUT2D eigenvalue weighted by molar-refractivity contribution is 0.0909. The molecule has 70 valence electrons. The van der Waals surface area contributed by atoms with Crippen molar-refractivity contribution >= 4 is 33.0 Å². The highest BCUT2D eigenvalue weighted by atomic mass is 79.9. The van der Waals surface area contributed by atoms with Gasteiger partial charge in [-0.3, -0.25) is 4.79 Å². The van der Waals surface area contributed by atoms with Gasteiger partial charge < -0.3 is 5.73 Å². The molecular weight excluding hydrogens is 250 g/mol. The number of halogens is 1. The number of Topliss-reactive ketones (excluding diaryl/α,β-unsaturated/α-hetero) is 1. The second-order valence-electron chi connectivity index (χ2n) is 3.41. The first kappa shape index (κ1) is 9.37. The van der Waals surface area contributed by atoms with Gasteiger partial charge in [-0.05, 0) is 40.2 Å². The summed E-state index contributed by atoms with van der Waals surface area (Å²) >= 11 is 4.85. The van der Waals surface area contributed by atoms with Crippen molar-refractivity contribution in [3.63, 3.8) is 0 Å². The molecule has 0 saturated heterocycles. The van der Waals surface area contributed by atoms with Crippen LogP contribution in [0.25, 0.3) is 0 Å². The lowest BCUT2D eigenvalue weighted by Gasteiger charge is -2.08. The molecule has 1 aliphatic rings. The van der Waals surface area contributed by atoms with Crippen LogP contribution in [0, 0.1) is 5.41 Å². The van der Waals surface area contributed by atoms with Crippen molar-refractivity contribution in [1.82, 2.24) is 0 Å². The summed E-state index contributed by atoms with van der Waals surface area (Å²) in [5, 5.41) is 1.92. The molecule has 2 rings (SSSR count). The van der Waals surface area contributed by atoms with Gasteiger partial charge >= 0.3 is 0 Å². The highest BCUT2D eigenvalue weighted by Gasteiger charge is 2.49. The number of rotatable bonds is 3. The smallest absolute Gasteiger partial charge is 0.181 e. The van der Waals surface area contributed by atoms with Crippen LogP contribution in [0.15, 0.2) is 15.9 Å². The van der Waals surface area contributed by atoms with E-state index in [-0.39, 0.29) is 11.2 Å².